The van der Waals surface area contributed by atoms with Gasteiger partial charge in [0.25, 0.3) is 0 Å². The largest absolute Gasteiger partial charge is 0.490 e. The number of carbonyl (C=O) groups is 1. The predicted molar refractivity (Wildman–Crippen MR) is 110 cm³/mol. The molecule has 3 rings (SSSR count). The number of halogens is 3. The molecule has 0 amide bonds. The average Bonchev–Trinajstić information content (AvgIpc) is 3.04. The molecule has 1 aromatic carbocycles. The number of fused-ring (bicyclic) bond motifs is 3. The van der Waals surface area contributed by atoms with Gasteiger partial charge in [-0.15, -0.1) is 0 Å². The number of nitrogens with zero attached hydrogens (tertiary/aromatic N) is 3. The number of hydrogen-bond acceptors (Lipinski definition) is 6. The maximum Gasteiger partial charge on any atom is 0.490 e. The minimum Gasteiger partial charge on any atom is -0.475 e. The fourth-order valence-electron chi connectivity index (χ4n) is 2.99. The predicted octanol–water partition coefficient (Wildman–Crippen LogP) is 2.43. The third kappa shape index (κ3) is 6.28. The summed E-state index contributed by atoms with van der Waals surface area (Å²) >= 11 is 0. The van der Waals surface area contributed by atoms with Crippen LogP contribution in [0.4, 0.5) is 19.0 Å². The first-order valence-corrected chi connectivity index (χ1v) is 10.9. The number of aryl methyl sites for hydroxylation is 2. The van der Waals surface area contributed by atoms with Gasteiger partial charge in [0.1, 0.15) is 11.3 Å². The highest BCUT2D eigenvalue weighted by molar-refractivity contribution is 7.89. The zero-order chi connectivity index (χ0) is 23.4. The van der Waals surface area contributed by atoms with E-state index in [1.54, 1.807) is 0 Å². The number of pyridine rings is 1. The topological polar surface area (TPSA) is 154 Å². The number of nitrogens with two attached hydrogens (primary N) is 2. The quantitative estimate of drug-likeness (QED) is 0.476. The zero-order valence-electron chi connectivity index (χ0n) is 16.6. The maximum absolute atomic E-state index is 11.1. The number of imidazole rings is 1. The van der Waals surface area contributed by atoms with Gasteiger partial charge in [-0.3, -0.25) is 0 Å². The van der Waals surface area contributed by atoms with Crippen LogP contribution >= 0.6 is 0 Å². The average molecular weight is 461 g/mol. The fourth-order valence-corrected chi connectivity index (χ4v) is 3.60. The van der Waals surface area contributed by atoms with Crippen molar-refractivity contribution in [2.24, 2.45) is 5.14 Å². The number of primary sulfonamides is 1. The number of benzene rings is 1. The van der Waals surface area contributed by atoms with E-state index in [9.17, 15) is 21.6 Å². The van der Waals surface area contributed by atoms with Crippen molar-refractivity contribution in [3.8, 4) is 0 Å². The number of para-hydroxylation sites is 1. The van der Waals surface area contributed by atoms with Crippen LogP contribution in [0.2, 0.25) is 0 Å². The van der Waals surface area contributed by atoms with E-state index in [0.717, 1.165) is 28.7 Å². The van der Waals surface area contributed by atoms with E-state index >= 15 is 0 Å². The van der Waals surface area contributed by atoms with E-state index < -0.39 is 22.2 Å². The number of alkyl halides is 3. The Morgan fingerprint density at radius 2 is 1.81 bits per heavy atom. The monoisotopic (exact) mass is 461 g/mol. The summed E-state index contributed by atoms with van der Waals surface area (Å²) < 4.78 is 56.0. The molecule has 13 heteroatoms. The molecule has 2 heterocycles. The Bertz CT molecular complexity index is 1190. The smallest absolute Gasteiger partial charge is 0.475 e. The lowest BCUT2D eigenvalue weighted by molar-refractivity contribution is -0.192. The molecule has 9 nitrogen and oxygen atoms in total. The number of carboxylic acid groups (broad SMARTS) is 1. The summed E-state index contributed by atoms with van der Waals surface area (Å²) in [5, 5.41) is 13.2. The first kappa shape index (κ1) is 24.3. The number of hydrogen-bond donors (Lipinski definition) is 3. The van der Waals surface area contributed by atoms with Crippen LogP contribution in [0.3, 0.4) is 0 Å². The summed E-state index contributed by atoms with van der Waals surface area (Å²) in [5.41, 5.74) is 8.59. The Labute approximate surface area is 175 Å². The van der Waals surface area contributed by atoms with E-state index in [2.05, 4.69) is 14.5 Å². The van der Waals surface area contributed by atoms with E-state index in [1.807, 2.05) is 31.2 Å². The molecule has 0 aliphatic rings. The van der Waals surface area contributed by atoms with Gasteiger partial charge in [0.2, 0.25) is 10.0 Å². The number of rotatable bonds is 6. The van der Waals surface area contributed by atoms with Gasteiger partial charge in [0.15, 0.2) is 5.82 Å². The number of unbranched alkanes of at least 4 members (excludes halogenated alkanes) is 1. The van der Waals surface area contributed by atoms with Crippen LogP contribution in [0.25, 0.3) is 21.9 Å². The summed E-state index contributed by atoms with van der Waals surface area (Å²) in [7, 11) is -3.42. The van der Waals surface area contributed by atoms with Gasteiger partial charge in [-0.1, -0.05) is 25.1 Å². The Hall–Kier alpha value is -2.93. The molecule has 0 fully saturated rings. The molecule has 170 valence electrons. The first-order chi connectivity index (χ1) is 14.3. The van der Waals surface area contributed by atoms with Crippen molar-refractivity contribution in [3.05, 3.63) is 30.1 Å². The molecule has 0 bridgehead atoms. The number of nitrogen functional groups attached to an aromatic ring is 1. The van der Waals surface area contributed by atoms with Crippen molar-refractivity contribution in [2.75, 3.05) is 11.5 Å². The second-order valence-corrected chi connectivity index (χ2v) is 8.36. The van der Waals surface area contributed by atoms with Gasteiger partial charge in [-0.25, -0.2) is 28.3 Å². The molecule has 0 atom stereocenters. The SMILES string of the molecule is CCc1nc2c(N)nc3ccccc3c2n1CCCCS(N)(=O)=O.O=C(O)C(F)(F)F. The molecule has 0 aliphatic carbocycles. The highest BCUT2D eigenvalue weighted by atomic mass is 32.2. The second-order valence-electron chi connectivity index (χ2n) is 6.62. The van der Waals surface area contributed by atoms with Crippen LogP contribution in [0.15, 0.2) is 24.3 Å². The van der Waals surface area contributed by atoms with Gasteiger partial charge in [0, 0.05) is 18.4 Å². The zero-order valence-corrected chi connectivity index (χ0v) is 17.4. The fraction of sp³-hybridized carbons (Fsp3) is 0.389. The summed E-state index contributed by atoms with van der Waals surface area (Å²) in [5.74, 6) is -1.43. The van der Waals surface area contributed by atoms with Crippen LogP contribution < -0.4 is 10.9 Å². The lowest BCUT2D eigenvalue weighted by Crippen LogP contribution is -2.21. The van der Waals surface area contributed by atoms with E-state index in [0.29, 0.717) is 30.7 Å². The Balaban J connectivity index is 0.000000423. The minimum atomic E-state index is -5.08. The van der Waals surface area contributed by atoms with Crippen LogP contribution in [0.1, 0.15) is 25.6 Å². The lowest BCUT2D eigenvalue weighted by Gasteiger charge is -2.10. The maximum atomic E-state index is 11.1. The van der Waals surface area contributed by atoms with E-state index in [4.69, 9.17) is 20.8 Å². The minimum absolute atomic E-state index is 0.00840. The third-order valence-electron chi connectivity index (χ3n) is 4.31. The van der Waals surface area contributed by atoms with Crippen LogP contribution in [-0.4, -0.2) is 46.0 Å². The Kier molecular flexibility index (Phi) is 7.44. The molecule has 0 radical (unpaired) electrons. The van der Waals surface area contributed by atoms with Crippen molar-refractivity contribution < 1.29 is 31.5 Å². The van der Waals surface area contributed by atoms with E-state index in [1.165, 1.54) is 0 Å². The number of aliphatic carboxylic acids is 1. The Morgan fingerprint density at radius 3 is 2.35 bits per heavy atom. The molecule has 5 N–H and O–H groups in total. The van der Waals surface area contributed by atoms with Crippen molar-refractivity contribution in [2.45, 2.75) is 38.9 Å². The first-order valence-electron chi connectivity index (χ1n) is 9.19. The summed E-state index contributed by atoms with van der Waals surface area (Å²) in [4.78, 5) is 18.0. The van der Waals surface area contributed by atoms with Crippen LogP contribution in [0.5, 0.6) is 0 Å². The van der Waals surface area contributed by atoms with E-state index in [-0.39, 0.29) is 5.75 Å². The third-order valence-corrected chi connectivity index (χ3v) is 5.17. The van der Waals surface area contributed by atoms with Crippen molar-refractivity contribution >= 4 is 43.7 Å². The summed E-state index contributed by atoms with van der Waals surface area (Å²) in [6, 6.07) is 7.82. The number of carboxylic acids is 1. The van der Waals surface area contributed by atoms with Crippen LogP contribution in [0, 0.1) is 0 Å². The molecule has 3 aromatic rings. The normalized spacial score (nSPS) is 12.0. The summed E-state index contributed by atoms with van der Waals surface area (Å²) in [6.07, 6.45) is -3.11. The molecule has 0 aliphatic heterocycles. The standard InChI is InChI=1S/C16H21N5O2S.C2HF3O2/c1-2-13-20-14-15(21(13)9-5-6-10-24(18,22)23)11-7-3-4-8-12(11)19-16(14)17;3-2(4,5)1(6)7/h3-4,7-8H,2,5-6,9-10H2,1H3,(H2,17,19)(H2,18,22,23);(H,6,7). The highest BCUT2D eigenvalue weighted by Crippen LogP contribution is 2.29. The van der Waals surface area contributed by atoms with Gasteiger partial charge < -0.3 is 15.4 Å². The molecule has 0 saturated heterocycles. The van der Waals surface area contributed by atoms with Crippen molar-refractivity contribution in [1.82, 2.24) is 14.5 Å². The lowest BCUT2D eigenvalue weighted by atomic mass is 10.2. The van der Waals surface area contributed by atoms with Gasteiger partial charge in [-0.2, -0.15) is 13.2 Å². The molecule has 0 unspecified atom stereocenters. The van der Waals surface area contributed by atoms with Gasteiger partial charge >= 0.3 is 12.1 Å². The molecule has 0 saturated carbocycles. The second kappa shape index (κ2) is 9.47. The molecule has 0 spiro atoms. The van der Waals surface area contributed by atoms with Crippen LogP contribution in [-0.2, 0) is 27.8 Å². The molecular formula is C18H22F3N5O4S. The van der Waals surface area contributed by atoms with Crippen molar-refractivity contribution in [1.29, 1.82) is 0 Å². The Morgan fingerprint density at radius 1 is 1.19 bits per heavy atom. The molecular weight excluding hydrogens is 439 g/mol. The van der Waals surface area contributed by atoms with Crippen molar-refractivity contribution in [3.63, 3.8) is 0 Å². The van der Waals surface area contributed by atoms with Gasteiger partial charge in [0.05, 0.1) is 16.8 Å². The molecule has 2 aromatic heterocycles. The number of aromatic nitrogens is 3. The molecule has 31 heavy (non-hydrogen) atoms. The summed E-state index contributed by atoms with van der Waals surface area (Å²) in [6.45, 7) is 2.70. The number of anilines is 1. The number of sulfonamides is 1. The van der Waals surface area contributed by atoms with Gasteiger partial charge in [-0.05, 0) is 18.9 Å². The highest BCUT2D eigenvalue weighted by Gasteiger charge is 2.38.